The number of rotatable bonds is 6. The summed E-state index contributed by atoms with van der Waals surface area (Å²) in [7, 11) is 0. The van der Waals surface area contributed by atoms with Gasteiger partial charge in [-0.15, -0.1) is 0 Å². The lowest BCUT2D eigenvalue weighted by atomic mass is 9.97. The van der Waals surface area contributed by atoms with Crippen LogP contribution in [0.4, 0.5) is 10.1 Å². The Balaban J connectivity index is 1.72. The predicted octanol–water partition coefficient (Wildman–Crippen LogP) is 3.08. The number of hydrogen-bond donors (Lipinski definition) is 1. The molecule has 1 aromatic carbocycles. The molecule has 0 aliphatic carbocycles. The van der Waals surface area contributed by atoms with E-state index in [0.717, 1.165) is 32.0 Å². The average molecular weight is 357 g/mol. The summed E-state index contributed by atoms with van der Waals surface area (Å²) in [5, 5.41) is 2.83. The Morgan fingerprint density at radius 1 is 1.38 bits per heavy atom. The van der Waals surface area contributed by atoms with Gasteiger partial charge in [-0.1, -0.05) is 11.6 Å². The maximum absolute atomic E-state index is 13.6. The summed E-state index contributed by atoms with van der Waals surface area (Å²) in [5.74, 6) is -0.971. The number of benzene rings is 1. The summed E-state index contributed by atoms with van der Waals surface area (Å²) in [4.78, 5) is 25.8. The first-order chi connectivity index (χ1) is 11.5. The van der Waals surface area contributed by atoms with Crippen LogP contribution in [0.2, 0.25) is 5.02 Å². The molecule has 7 heteroatoms. The molecule has 0 saturated carbocycles. The summed E-state index contributed by atoms with van der Waals surface area (Å²) in [5.41, 5.74) is 0.130. The lowest BCUT2D eigenvalue weighted by Crippen LogP contribution is -2.38. The highest BCUT2D eigenvalue weighted by Crippen LogP contribution is 2.20. The zero-order valence-corrected chi connectivity index (χ0v) is 14.4. The highest BCUT2D eigenvalue weighted by molar-refractivity contribution is 6.30. The van der Waals surface area contributed by atoms with Gasteiger partial charge in [0.05, 0.1) is 18.2 Å². The molecule has 24 heavy (non-hydrogen) atoms. The number of nitrogens with one attached hydrogen (secondary N) is 1. The number of amides is 1. The molecule has 1 aliphatic rings. The van der Waals surface area contributed by atoms with Crippen LogP contribution in [0.15, 0.2) is 18.2 Å². The lowest BCUT2D eigenvalue weighted by Gasteiger charge is -2.30. The minimum Gasteiger partial charge on any atom is -0.466 e. The van der Waals surface area contributed by atoms with Gasteiger partial charge < -0.3 is 15.0 Å². The van der Waals surface area contributed by atoms with Crippen LogP contribution in [0.3, 0.4) is 0 Å². The van der Waals surface area contributed by atoms with E-state index in [4.69, 9.17) is 16.3 Å². The van der Waals surface area contributed by atoms with Crippen LogP contribution >= 0.6 is 11.6 Å². The van der Waals surface area contributed by atoms with Crippen molar-refractivity contribution in [2.24, 2.45) is 5.92 Å². The molecule has 5 nitrogen and oxygen atoms in total. The van der Waals surface area contributed by atoms with Gasteiger partial charge in [-0.2, -0.15) is 0 Å². The summed E-state index contributed by atoms with van der Waals surface area (Å²) >= 11 is 5.68. The molecule has 0 aromatic heterocycles. The number of nitrogens with zero attached hydrogens (tertiary/aromatic N) is 1. The van der Waals surface area contributed by atoms with Crippen molar-refractivity contribution in [3.05, 3.63) is 29.0 Å². The van der Waals surface area contributed by atoms with Gasteiger partial charge in [-0.25, -0.2) is 4.39 Å². The number of piperidine rings is 1. The number of ether oxygens (including phenoxy) is 1. The molecule has 132 valence electrons. The van der Waals surface area contributed by atoms with Crippen molar-refractivity contribution in [2.45, 2.75) is 26.2 Å². The van der Waals surface area contributed by atoms with Gasteiger partial charge in [-0.05, 0) is 51.1 Å². The summed E-state index contributed by atoms with van der Waals surface area (Å²) < 4.78 is 18.7. The van der Waals surface area contributed by atoms with Crippen molar-refractivity contribution in [1.82, 2.24) is 4.90 Å². The molecule has 0 bridgehead atoms. The van der Waals surface area contributed by atoms with Crippen molar-refractivity contribution in [2.75, 3.05) is 31.6 Å². The number of halogens is 2. The van der Waals surface area contributed by atoms with Crippen LogP contribution in [-0.4, -0.2) is 43.0 Å². The lowest BCUT2D eigenvalue weighted by molar-refractivity contribution is -0.149. The van der Waals surface area contributed by atoms with E-state index in [1.165, 1.54) is 12.1 Å². The Kier molecular flexibility index (Phi) is 6.99. The summed E-state index contributed by atoms with van der Waals surface area (Å²) in [6.07, 6.45) is 1.75. The molecular formula is C17H22ClFN2O3. The standard InChI is InChI=1S/C17H22ClFN2O3/c1-2-24-17(23)12-5-8-21(9-6-12)10-7-16(22)20-15-4-3-13(18)11-14(15)19/h3-4,11-12H,2,5-10H2,1H3,(H,20,22). The number of likely N-dealkylation sites (tertiary alicyclic amines) is 1. The number of esters is 1. The Morgan fingerprint density at radius 3 is 2.71 bits per heavy atom. The molecule has 1 aromatic rings. The van der Waals surface area contributed by atoms with E-state index in [2.05, 4.69) is 10.2 Å². The van der Waals surface area contributed by atoms with Crippen LogP contribution in [0.25, 0.3) is 0 Å². The molecule has 1 aliphatic heterocycles. The van der Waals surface area contributed by atoms with E-state index in [1.54, 1.807) is 6.92 Å². The largest absolute Gasteiger partial charge is 0.466 e. The Labute approximate surface area is 146 Å². The maximum atomic E-state index is 13.6. The van der Waals surface area contributed by atoms with Gasteiger partial charge in [-0.3, -0.25) is 9.59 Å². The monoisotopic (exact) mass is 356 g/mol. The highest BCUT2D eigenvalue weighted by atomic mass is 35.5. The molecular weight excluding hydrogens is 335 g/mol. The molecule has 1 N–H and O–H groups in total. The first-order valence-electron chi connectivity index (χ1n) is 8.13. The number of hydrogen-bond acceptors (Lipinski definition) is 4. The van der Waals surface area contributed by atoms with Crippen LogP contribution in [0.5, 0.6) is 0 Å². The SMILES string of the molecule is CCOC(=O)C1CCN(CCC(=O)Nc2ccc(Cl)cc2F)CC1. The van der Waals surface area contributed by atoms with Crippen molar-refractivity contribution in [1.29, 1.82) is 0 Å². The van der Waals surface area contributed by atoms with E-state index >= 15 is 0 Å². The third kappa shape index (κ3) is 5.46. The average Bonchev–Trinajstić information content (AvgIpc) is 2.56. The predicted molar refractivity (Wildman–Crippen MR) is 90.5 cm³/mol. The van der Waals surface area contributed by atoms with Crippen molar-refractivity contribution >= 4 is 29.2 Å². The van der Waals surface area contributed by atoms with Gasteiger partial charge in [0.2, 0.25) is 5.91 Å². The third-order valence-corrected chi connectivity index (χ3v) is 4.30. The molecule has 0 atom stereocenters. The highest BCUT2D eigenvalue weighted by Gasteiger charge is 2.26. The maximum Gasteiger partial charge on any atom is 0.309 e. The second-order valence-electron chi connectivity index (χ2n) is 5.79. The number of anilines is 1. The third-order valence-electron chi connectivity index (χ3n) is 4.07. The van der Waals surface area contributed by atoms with Crippen LogP contribution in [0, 0.1) is 11.7 Å². The second kappa shape index (κ2) is 8.99. The fourth-order valence-electron chi connectivity index (χ4n) is 2.72. The number of carbonyl (C=O) groups is 2. The molecule has 2 rings (SSSR count). The Morgan fingerprint density at radius 2 is 2.08 bits per heavy atom. The molecule has 1 saturated heterocycles. The topological polar surface area (TPSA) is 58.6 Å². The molecule has 0 radical (unpaired) electrons. The van der Waals surface area contributed by atoms with Crippen molar-refractivity contribution < 1.29 is 18.7 Å². The van der Waals surface area contributed by atoms with Gasteiger partial charge in [0.15, 0.2) is 0 Å². The Hall–Kier alpha value is -1.66. The molecule has 1 heterocycles. The van der Waals surface area contributed by atoms with E-state index < -0.39 is 5.82 Å². The van der Waals surface area contributed by atoms with Gasteiger partial charge in [0, 0.05) is 18.0 Å². The zero-order valence-electron chi connectivity index (χ0n) is 13.7. The quantitative estimate of drug-likeness (QED) is 0.796. The summed E-state index contributed by atoms with van der Waals surface area (Å²) in [6.45, 7) is 4.30. The second-order valence-corrected chi connectivity index (χ2v) is 6.23. The molecule has 1 fully saturated rings. The minimum atomic E-state index is -0.550. The zero-order chi connectivity index (χ0) is 17.5. The van der Waals surface area contributed by atoms with E-state index in [0.29, 0.717) is 13.2 Å². The van der Waals surface area contributed by atoms with Crippen molar-refractivity contribution in [3.8, 4) is 0 Å². The van der Waals surface area contributed by atoms with Gasteiger partial charge in [0.25, 0.3) is 0 Å². The van der Waals surface area contributed by atoms with E-state index in [9.17, 15) is 14.0 Å². The smallest absolute Gasteiger partial charge is 0.309 e. The van der Waals surface area contributed by atoms with E-state index in [1.807, 2.05) is 0 Å². The molecule has 1 amide bonds. The van der Waals surface area contributed by atoms with Gasteiger partial charge in [0.1, 0.15) is 5.82 Å². The molecule has 0 unspecified atom stereocenters. The first-order valence-corrected chi connectivity index (χ1v) is 8.51. The first kappa shape index (κ1) is 18.7. The minimum absolute atomic E-state index is 0.0433. The van der Waals surface area contributed by atoms with Gasteiger partial charge >= 0.3 is 5.97 Å². The van der Waals surface area contributed by atoms with Crippen LogP contribution in [0.1, 0.15) is 26.2 Å². The van der Waals surface area contributed by atoms with Crippen LogP contribution in [-0.2, 0) is 14.3 Å². The van der Waals surface area contributed by atoms with Crippen molar-refractivity contribution in [3.63, 3.8) is 0 Å². The molecule has 0 spiro atoms. The Bertz CT molecular complexity index is 589. The van der Waals surface area contributed by atoms with E-state index in [-0.39, 0.29) is 34.9 Å². The normalized spacial score (nSPS) is 16.0. The summed E-state index contributed by atoms with van der Waals surface area (Å²) in [6, 6.07) is 4.14. The number of carbonyl (C=O) groups excluding carboxylic acids is 2. The fourth-order valence-corrected chi connectivity index (χ4v) is 2.87. The fraction of sp³-hybridized carbons (Fsp3) is 0.529. The van der Waals surface area contributed by atoms with Crippen LogP contribution < -0.4 is 5.32 Å².